The molecule has 1 saturated heterocycles. The van der Waals surface area contributed by atoms with Crippen LogP contribution in [-0.2, 0) is 19.3 Å². The van der Waals surface area contributed by atoms with Crippen LogP contribution in [0.4, 0.5) is 19.3 Å². The molecule has 0 radical (unpaired) electrons. The van der Waals surface area contributed by atoms with Crippen LogP contribution in [0.1, 0.15) is 41.7 Å². The van der Waals surface area contributed by atoms with Gasteiger partial charge in [0.2, 0.25) is 0 Å². The summed E-state index contributed by atoms with van der Waals surface area (Å²) < 4.78 is 58.8. The van der Waals surface area contributed by atoms with Gasteiger partial charge >= 0.3 is 12.7 Å². The first-order valence-corrected chi connectivity index (χ1v) is 13.4. The van der Waals surface area contributed by atoms with E-state index in [1.807, 2.05) is 6.07 Å². The smallest absolute Gasteiger partial charge is 0.404 e. The lowest BCUT2D eigenvalue weighted by atomic mass is 10.0. The zero-order valence-corrected chi connectivity index (χ0v) is 21.4. The molecule has 3 rings (SSSR count). The van der Waals surface area contributed by atoms with Crippen LogP contribution in [0.5, 0.6) is 0 Å². The fourth-order valence-corrected chi connectivity index (χ4v) is 5.13. The maximum absolute atomic E-state index is 12.9. The number of nitrogens with one attached hydrogen (secondary N) is 1. The number of hydrogen-bond donors (Lipinski definition) is 2. The van der Waals surface area contributed by atoms with Crippen molar-refractivity contribution >= 4 is 27.5 Å². The van der Waals surface area contributed by atoms with Crippen LogP contribution in [0.25, 0.3) is 0 Å². The number of anilines is 1. The monoisotopic (exact) mass is 550 g/mol. The van der Waals surface area contributed by atoms with Crippen molar-refractivity contribution in [2.75, 3.05) is 23.8 Å². The second-order valence-electron chi connectivity index (χ2n) is 8.60. The SMILES string of the molecule is CCS(=O)(=O)c1ccc(C(CC#N)NC(=O)c2ccc(N3C[C@@H](OC(N)=O)C[C@H]3COC(F)F)cc2)cc1. The Morgan fingerprint density at radius 1 is 1.18 bits per heavy atom. The summed E-state index contributed by atoms with van der Waals surface area (Å²) in [6.07, 6.45) is -1.37. The van der Waals surface area contributed by atoms with Gasteiger partial charge in [0.25, 0.3) is 5.91 Å². The number of halogens is 2. The molecule has 13 heteroatoms. The van der Waals surface area contributed by atoms with Crippen LogP contribution >= 0.6 is 0 Å². The third kappa shape index (κ3) is 7.39. The molecule has 1 unspecified atom stereocenters. The highest BCUT2D eigenvalue weighted by Crippen LogP contribution is 2.29. The van der Waals surface area contributed by atoms with Crippen molar-refractivity contribution in [2.24, 2.45) is 5.73 Å². The van der Waals surface area contributed by atoms with E-state index in [1.54, 1.807) is 36.1 Å². The fourth-order valence-electron chi connectivity index (χ4n) is 4.24. The van der Waals surface area contributed by atoms with Crippen molar-refractivity contribution in [3.8, 4) is 6.07 Å². The van der Waals surface area contributed by atoms with Crippen LogP contribution in [0.2, 0.25) is 0 Å². The van der Waals surface area contributed by atoms with Crippen molar-refractivity contribution in [3.05, 3.63) is 59.7 Å². The van der Waals surface area contributed by atoms with Gasteiger partial charge < -0.3 is 25.4 Å². The molecule has 1 heterocycles. The first kappa shape index (κ1) is 28.8. The lowest BCUT2D eigenvalue weighted by molar-refractivity contribution is -0.132. The topological polar surface area (TPSA) is 152 Å². The Morgan fingerprint density at radius 2 is 1.84 bits per heavy atom. The number of alkyl halides is 2. The number of ether oxygens (including phenoxy) is 2. The number of rotatable bonds is 11. The number of nitrogens with two attached hydrogens (primary N) is 1. The van der Waals surface area contributed by atoms with Crippen LogP contribution in [-0.4, -0.2) is 58.1 Å². The highest BCUT2D eigenvalue weighted by Gasteiger charge is 2.35. The first-order valence-electron chi connectivity index (χ1n) is 11.8. The Kier molecular flexibility index (Phi) is 9.60. The van der Waals surface area contributed by atoms with Crippen molar-refractivity contribution < 1.29 is 36.3 Å². The minimum absolute atomic E-state index is 0.0372. The number of benzene rings is 2. The van der Waals surface area contributed by atoms with Crippen molar-refractivity contribution in [3.63, 3.8) is 0 Å². The average Bonchev–Trinajstić information content (AvgIpc) is 3.29. The first-order chi connectivity index (χ1) is 18.0. The van der Waals surface area contributed by atoms with Gasteiger partial charge in [-0.3, -0.25) is 4.79 Å². The summed E-state index contributed by atoms with van der Waals surface area (Å²) in [6, 6.07) is 13.2. The molecule has 0 bridgehead atoms. The predicted octanol–water partition coefficient (Wildman–Crippen LogP) is 3.15. The highest BCUT2D eigenvalue weighted by atomic mass is 32.2. The fraction of sp³-hybridized carbons (Fsp3) is 0.400. The molecule has 1 aliphatic heterocycles. The zero-order valence-electron chi connectivity index (χ0n) is 20.5. The zero-order chi connectivity index (χ0) is 27.9. The van der Waals surface area contributed by atoms with Gasteiger partial charge in [0, 0.05) is 17.7 Å². The van der Waals surface area contributed by atoms with Gasteiger partial charge in [-0.2, -0.15) is 14.0 Å². The number of hydrogen-bond acceptors (Lipinski definition) is 8. The summed E-state index contributed by atoms with van der Waals surface area (Å²) >= 11 is 0. The van der Waals surface area contributed by atoms with Crippen LogP contribution in [0, 0.1) is 11.3 Å². The van der Waals surface area contributed by atoms with E-state index < -0.39 is 46.6 Å². The van der Waals surface area contributed by atoms with Gasteiger partial charge in [-0.1, -0.05) is 19.1 Å². The molecule has 1 fully saturated rings. The second-order valence-corrected chi connectivity index (χ2v) is 10.9. The largest absolute Gasteiger partial charge is 0.444 e. The van der Waals surface area contributed by atoms with Gasteiger partial charge in [0.1, 0.15) is 6.10 Å². The number of amides is 2. The molecule has 0 aliphatic carbocycles. The molecule has 1 aliphatic rings. The summed E-state index contributed by atoms with van der Waals surface area (Å²) in [5, 5.41) is 12.0. The minimum Gasteiger partial charge on any atom is -0.444 e. The summed E-state index contributed by atoms with van der Waals surface area (Å²) in [6.45, 7) is -1.50. The molecule has 3 atom stereocenters. The lowest BCUT2D eigenvalue weighted by Crippen LogP contribution is -2.34. The number of sulfone groups is 1. The maximum atomic E-state index is 12.9. The lowest BCUT2D eigenvalue weighted by Gasteiger charge is -2.26. The molecule has 0 saturated carbocycles. The van der Waals surface area contributed by atoms with E-state index in [2.05, 4.69) is 10.1 Å². The molecular formula is C25H28F2N4O6S. The van der Waals surface area contributed by atoms with Gasteiger partial charge in [-0.15, -0.1) is 0 Å². The number of nitrogens with zero attached hydrogens (tertiary/aromatic N) is 2. The molecule has 10 nitrogen and oxygen atoms in total. The molecule has 0 spiro atoms. The third-order valence-corrected chi connectivity index (χ3v) is 7.91. The van der Waals surface area contributed by atoms with Gasteiger partial charge in [0.15, 0.2) is 9.84 Å². The van der Waals surface area contributed by atoms with E-state index in [9.17, 15) is 32.0 Å². The molecule has 0 aromatic heterocycles. The molecule has 3 N–H and O–H groups in total. The predicted molar refractivity (Wildman–Crippen MR) is 133 cm³/mol. The van der Waals surface area contributed by atoms with E-state index in [4.69, 9.17) is 10.5 Å². The molecular weight excluding hydrogens is 522 g/mol. The van der Waals surface area contributed by atoms with Gasteiger partial charge in [0.05, 0.1) is 48.4 Å². The van der Waals surface area contributed by atoms with E-state index in [1.165, 1.54) is 24.3 Å². The Labute approximate surface area is 219 Å². The summed E-state index contributed by atoms with van der Waals surface area (Å²) in [5.74, 6) is -0.507. The molecule has 2 aromatic rings. The number of carbonyl (C=O) groups is 2. The number of nitriles is 1. The van der Waals surface area contributed by atoms with E-state index in [0.29, 0.717) is 11.3 Å². The van der Waals surface area contributed by atoms with Crippen molar-refractivity contribution in [2.45, 2.75) is 49.5 Å². The standard InChI is InChI=1S/C25H28F2N4O6S/c1-2-38(34,35)21-9-5-16(6-10-21)22(11-12-28)30-23(32)17-3-7-18(8-4-17)31-14-20(37-25(29)33)13-19(31)15-36-24(26)27/h3-10,19-20,22,24H,2,11,13-15H2,1H3,(H2,29,33)(H,30,32)/t19-,20-,22?/m0/s1. The van der Waals surface area contributed by atoms with Crippen molar-refractivity contribution in [1.82, 2.24) is 5.32 Å². The van der Waals surface area contributed by atoms with Crippen LogP contribution in [0.3, 0.4) is 0 Å². The normalized spacial score (nSPS) is 18.1. The van der Waals surface area contributed by atoms with E-state index >= 15 is 0 Å². The quantitative estimate of drug-likeness (QED) is 0.433. The highest BCUT2D eigenvalue weighted by molar-refractivity contribution is 7.91. The van der Waals surface area contributed by atoms with Crippen LogP contribution in [0.15, 0.2) is 53.4 Å². The summed E-state index contributed by atoms with van der Waals surface area (Å²) in [7, 11) is -3.38. The molecule has 2 amide bonds. The Balaban J connectivity index is 1.73. The van der Waals surface area contributed by atoms with Gasteiger partial charge in [-0.25, -0.2) is 13.2 Å². The Bertz CT molecular complexity index is 1270. The second kappa shape index (κ2) is 12.7. The minimum atomic E-state index is -3.38. The number of primary amides is 1. The average molecular weight is 551 g/mol. The number of carbonyl (C=O) groups excluding carboxylic acids is 2. The molecule has 2 aromatic carbocycles. The van der Waals surface area contributed by atoms with Crippen molar-refractivity contribution in [1.29, 1.82) is 5.26 Å². The van der Waals surface area contributed by atoms with Gasteiger partial charge in [-0.05, 0) is 42.0 Å². The van der Waals surface area contributed by atoms with E-state index in [0.717, 1.165) is 0 Å². The molecule has 204 valence electrons. The third-order valence-electron chi connectivity index (χ3n) is 6.16. The summed E-state index contributed by atoms with van der Waals surface area (Å²) in [5.41, 5.74) is 6.55. The Morgan fingerprint density at radius 3 is 2.39 bits per heavy atom. The Hall–Kier alpha value is -3.76. The van der Waals surface area contributed by atoms with Crippen LogP contribution < -0.4 is 16.0 Å². The molecule has 38 heavy (non-hydrogen) atoms. The maximum Gasteiger partial charge on any atom is 0.404 e. The summed E-state index contributed by atoms with van der Waals surface area (Å²) in [4.78, 5) is 26.0. The van der Waals surface area contributed by atoms with E-state index in [-0.39, 0.29) is 42.2 Å².